The van der Waals surface area contributed by atoms with Crippen LogP contribution in [0.5, 0.6) is 0 Å². The summed E-state index contributed by atoms with van der Waals surface area (Å²) in [7, 11) is 2.06. The van der Waals surface area contributed by atoms with Gasteiger partial charge in [-0.3, -0.25) is 4.79 Å². The first-order valence-corrected chi connectivity index (χ1v) is 5.39. The van der Waals surface area contributed by atoms with E-state index in [1.165, 1.54) is 11.3 Å². The first kappa shape index (κ1) is 11.0. The number of hydrogen-bond acceptors (Lipinski definition) is 3. The van der Waals surface area contributed by atoms with E-state index in [4.69, 9.17) is 10.8 Å². The Labute approximate surface area is 94.7 Å². The summed E-state index contributed by atoms with van der Waals surface area (Å²) in [4.78, 5) is 12.9. The van der Waals surface area contributed by atoms with E-state index < -0.39 is 12.0 Å². The highest BCUT2D eigenvalue weighted by Gasteiger charge is 2.17. The minimum atomic E-state index is -0.947. The second-order valence-corrected chi connectivity index (χ2v) is 4.28. The summed E-state index contributed by atoms with van der Waals surface area (Å²) in [6.45, 7) is 1.03. The molecule has 1 aliphatic heterocycles. The number of fused-ring (bicyclic) bond motifs is 1. The molecule has 1 heterocycles. The minimum Gasteiger partial charge on any atom is -0.480 e. The molecule has 86 valence electrons. The molecular formula is C12H16N2O2. The van der Waals surface area contributed by atoms with Gasteiger partial charge in [0.05, 0.1) is 0 Å². The maximum atomic E-state index is 10.7. The molecule has 0 bridgehead atoms. The average Bonchev–Trinajstić information content (AvgIpc) is 2.60. The minimum absolute atomic E-state index is 0.395. The summed E-state index contributed by atoms with van der Waals surface area (Å²) < 4.78 is 0. The van der Waals surface area contributed by atoms with Gasteiger partial charge in [0.2, 0.25) is 0 Å². The molecule has 4 nitrogen and oxygen atoms in total. The number of rotatable bonds is 3. The lowest BCUT2D eigenvalue weighted by atomic mass is 10.0. The van der Waals surface area contributed by atoms with Gasteiger partial charge in [-0.15, -0.1) is 0 Å². The molecule has 4 heteroatoms. The maximum Gasteiger partial charge on any atom is 0.320 e. The van der Waals surface area contributed by atoms with Crippen LogP contribution in [0.4, 0.5) is 5.69 Å². The third-order valence-corrected chi connectivity index (χ3v) is 3.04. The largest absolute Gasteiger partial charge is 0.480 e. The lowest BCUT2D eigenvalue weighted by molar-refractivity contribution is -0.138. The van der Waals surface area contributed by atoms with Crippen molar-refractivity contribution >= 4 is 11.7 Å². The number of nitrogens with zero attached hydrogens (tertiary/aromatic N) is 1. The van der Waals surface area contributed by atoms with Gasteiger partial charge in [-0.25, -0.2) is 0 Å². The Bertz CT molecular complexity index is 417. The molecule has 1 atom stereocenters. The van der Waals surface area contributed by atoms with Crippen molar-refractivity contribution in [2.24, 2.45) is 5.73 Å². The second kappa shape index (κ2) is 4.14. The van der Waals surface area contributed by atoms with Gasteiger partial charge >= 0.3 is 5.97 Å². The smallest absolute Gasteiger partial charge is 0.320 e. The molecule has 0 radical (unpaired) electrons. The van der Waals surface area contributed by atoms with Crippen LogP contribution in [-0.2, 0) is 17.6 Å². The van der Waals surface area contributed by atoms with E-state index in [0.29, 0.717) is 6.42 Å². The van der Waals surface area contributed by atoms with Crippen molar-refractivity contribution in [3.8, 4) is 0 Å². The average molecular weight is 220 g/mol. The number of carboxylic acids is 1. The van der Waals surface area contributed by atoms with Gasteiger partial charge in [0.1, 0.15) is 6.04 Å². The molecule has 0 saturated carbocycles. The quantitative estimate of drug-likeness (QED) is 0.784. The third kappa shape index (κ3) is 2.02. The normalized spacial score (nSPS) is 16.0. The fourth-order valence-corrected chi connectivity index (χ4v) is 2.09. The Balaban J connectivity index is 2.16. The Morgan fingerprint density at radius 3 is 3.06 bits per heavy atom. The van der Waals surface area contributed by atoms with Crippen LogP contribution in [0.15, 0.2) is 18.2 Å². The van der Waals surface area contributed by atoms with Crippen LogP contribution in [-0.4, -0.2) is 30.7 Å². The van der Waals surface area contributed by atoms with E-state index in [9.17, 15) is 4.79 Å². The van der Waals surface area contributed by atoms with Gasteiger partial charge in [0, 0.05) is 19.3 Å². The molecule has 0 spiro atoms. The molecule has 1 unspecified atom stereocenters. The second-order valence-electron chi connectivity index (χ2n) is 4.28. The predicted octanol–water partition coefficient (Wildman–Crippen LogP) is 0.633. The van der Waals surface area contributed by atoms with Crippen molar-refractivity contribution in [3.05, 3.63) is 29.3 Å². The first-order chi connectivity index (χ1) is 7.58. The van der Waals surface area contributed by atoms with Gasteiger partial charge in [-0.2, -0.15) is 0 Å². The van der Waals surface area contributed by atoms with Crippen molar-refractivity contribution < 1.29 is 9.90 Å². The predicted molar refractivity (Wildman–Crippen MR) is 62.7 cm³/mol. The fourth-order valence-electron chi connectivity index (χ4n) is 2.09. The fraction of sp³-hybridized carbons (Fsp3) is 0.417. The Hall–Kier alpha value is -1.55. The highest BCUT2D eigenvalue weighted by atomic mass is 16.4. The van der Waals surface area contributed by atoms with Crippen LogP contribution in [0.3, 0.4) is 0 Å². The third-order valence-electron chi connectivity index (χ3n) is 3.04. The van der Waals surface area contributed by atoms with Crippen molar-refractivity contribution in [2.75, 3.05) is 18.5 Å². The lowest BCUT2D eigenvalue weighted by Gasteiger charge is -2.12. The van der Waals surface area contributed by atoms with E-state index in [1.54, 1.807) is 0 Å². The molecule has 0 saturated heterocycles. The molecule has 1 aliphatic rings. The summed E-state index contributed by atoms with van der Waals surface area (Å²) >= 11 is 0. The molecule has 0 amide bonds. The molecule has 1 aromatic rings. The molecule has 2 rings (SSSR count). The number of carbonyl (C=O) groups is 1. The van der Waals surface area contributed by atoms with Crippen LogP contribution in [0.2, 0.25) is 0 Å². The molecule has 0 fully saturated rings. The molecule has 0 aromatic heterocycles. The summed E-state index contributed by atoms with van der Waals surface area (Å²) in [5, 5.41) is 8.75. The zero-order valence-electron chi connectivity index (χ0n) is 9.31. The van der Waals surface area contributed by atoms with Crippen molar-refractivity contribution in [3.63, 3.8) is 0 Å². The number of hydrogen-bond donors (Lipinski definition) is 2. The summed E-state index contributed by atoms with van der Waals surface area (Å²) in [6, 6.07) is 5.27. The van der Waals surface area contributed by atoms with Gasteiger partial charge < -0.3 is 15.7 Å². The maximum absolute atomic E-state index is 10.7. The van der Waals surface area contributed by atoms with Crippen molar-refractivity contribution in [1.82, 2.24) is 0 Å². The highest BCUT2D eigenvalue weighted by Crippen LogP contribution is 2.27. The number of aliphatic carboxylic acids is 1. The molecule has 0 aliphatic carbocycles. The SMILES string of the molecule is CN1CCc2cc(CC(N)C(=O)O)ccc21. The van der Waals surface area contributed by atoms with Crippen LogP contribution >= 0.6 is 0 Å². The molecular weight excluding hydrogens is 204 g/mol. The van der Waals surface area contributed by atoms with E-state index in [-0.39, 0.29) is 0 Å². The van der Waals surface area contributed by atoms with Crippen molar-refractivity contribution in [2.45, 2.75) is 18.9 Å². The summed E-state index contributed by atoms with van der Waals surface area (Å²) in [5.74, 6) is -0.947. The van der Waals surface area contributed by atoms with Crippen molar-refractivity contribution in [1.29, 1.82) is 0 Å². The lowest BCUT2D eigenvalue weighted by Crippen LogP contribution is -2.32. The monoisotopic (exact) mass is 220 g/mol. The Morgan fingerprint density at radius 2 is 2.38 bits per heavy atom. The number of benzene rings is 1. The Kier molecular flexibility index (Phi) is 2.83. The topological polar surface area (TPSA) is 66.6 Å². The van der Waals surface area contributed by atoms with Gasteiger partial charge in [0.15, 0.2) is 0 Å². The van der Waals surface area contributed by atoms with Crippen LogP contribution < -0.4 is 10.6 Å². The van der Waals surface area contributed by atoms with Gasteiger partial charge in [0.25, 0.3) is 0 Å². The number of nitrogens with two attached hydrogens (primary N) is 1. The zero-order valence-corrected chi connectivity index (χ0v) is 9.31. The van der Waals surface area contributed by atoms with Crippen LogP contribution in [0.1, 0.15) is 11.1 Å². The number of carboxylic acid groups (broad SMARTS) is 1. The zero-order chi connectivity index (χ0) is 11.7. The Morgan fingerprint density at radius 1 is 1.62 bits per heavy atom. The molecule has 1 aromatic carbocycles. The van der Waals surface area contributed by atoms with Gasteiger partial charge in [-0.1, -0.05) is 12.1 Å². The highest BCUT2D eigenvalue weighted by molar-refractivity contribution is 5.73. The van der Waals surface area contributed by atoms with Crippen LogP contribution in [0.25, 0.3) is 0 Å². The van der Waals surface area contributed by atoms with Gasteiger partial charge in [-0.05, 0) is 30.0 Å². The summed E-state index contributed by atoms with van der Waals surface area (Å²) in [5.41, 5.74) is 9.05. The van der Waals surface area contributed by atoms with E-state index in [2.05, 4.69) is 18.0 Å². The first-order valence-electron chi connectivity index (χ1n) is 5.39. The summed E-state index contributed by atoms with van der Waals surface area (Å²) in [6.07, 6.45) is 1.42. The van der Waals surface area contributed by atoms with E-state index in [1.807, 2.05) is 12.1 Å². The number of anilines is 1. The molecule has 3 N–H and O–H groups in total. The van der Waals surface area contributed by atoms with E-state index >= 15 is 0 Å². The molecule has 16 heavy (non-hydrogen) atoms. The van der Waals surface area contributed by atoms with Crippen LogP contribution in [0, 0.1) is 0 Å². The number of likely N-dealkylation sites (N-methyl/N-ethyl adjacent to an activating group) is 1. The standard InChI is InChI=1S/C12H16N2O2/c1-14-5-4-9-6-8(2-3-11(9)14)7-10(13)12(15)16/h2-3,6,10H,4-5,7,13H2,1H3,(H,15,16). The van der Waals surface area contributed by atoms with E-state index in [0.717, 1.165) is 18.5 Å².